The average molecular weight is 311 g/mol. The number of primary amides is 1. The first-order valence-electron chi connectivity index (χ1n) is 8.67. The Morgan fingerprint density at radius 1 is 1.09 bits per heavy atom. The number of hydrogen-bond acceptors (Lipinski definition) is 3. The van der Waals surface area contributed by atoms with E-state index in [2.05, 4.69) is 13.5 Å². The average Bonchev–Trinajstić information content (AvgIpc) is 2.48. The molecule has 0 aliphatic rings. The number of amides is 1. The highest BCUT2D eigenvalue weighted by Crippen LogP contribution is 2.17. The highest BCUT2D eigenvalue weighted by atomic mass is 16.5. The van der Waals surface area contributed by atoms with E-state index in [0.717, 1.165) is 19.3 Å². The quantitative estimate of drug-likeness (QED) is 0.281. The van der Waals surface area contributed by atoms with Gasteiger partial charge in [-0.2, -0.15) is 0 Å². The molecule has 0 aliphatic heterocycles. The van der Waals surface area contributed by atoms with Crippen molar-refractivity contribution in [1.29, 1.82) is 0 Å². The van der Waals surface area contributed by atoms with E-state index in [1.807, 2.05) is 0 Å². The number of rotatable bonds is 15. The standard InChI is InChI=1S/C18H33NO3/c1-3-5-6-7-8-9-10-11-13-16(12-4-2)18(21)22-15-14-17(19)20/h4,16H,2-3,5-15H2,1H3,(H2,19,20). The molecule has 0 saturated heterocycles. The van der Waals surface area contributed by atoms with Crippen molar-refractivity contribution in [3.8, 4) is 0 Å². The molecule has 0 saturated carbocycles. The molecule has 0 aromatic rings. The number of ether oxygens (including phenoxy) is 1. The van der Waals surface area contributed by atoms with E-state index in [4.69, 9.17) is 10.5 Å². The van der Waals surface area contributed by atoms with Crippen LogP contribution in [0.25, 0.3) is 0 Å². The van der Waals surface area contributed by atoms with Gasteiger partial charge in [0.05, 0.1) is 12.3 Å². The van der Waals surface area contributed by atoms with Crippen molar-refractivity contribution in [1.82, 2.24) is 0 Å². The van der Waals surface area contributed by atoms with Crippen LogP contribution in [0, 0.1) is 5.92 Å². The molecule has 4 nitrogen and oxygen atoms in total. The zero-order valence-corrected chi connectivity index (χ0v) is 14.1. The van der Waals surface area contributed by atoms with Crippen LogP contribution in [0.3, 0.4) is 0 Å². The van der Waals surface area contributed by atoms with Crippen LogP contribution in [0.15, 0.2) is 12.7 Å². The van der Waals surface area contributed by atoms with E-state index in [0.29, 0.717) is 6.42 Å². The molecule has 0 aromatic heterocycles. The summed E-state index contributed by atoms with van der Waals surface area (Å²) >= 11 is 0. The SMILES string of the molecule is C=CCC(CCCCCCCCCC)C(=O)OCCC(N)=O. The zero-order chi connectivity index (χ0) is 16.6. The summed E-state index contributed by atoms with van der Waals surface area (Å²) in [7, 11) is 0. The fourth-order valence-corrected chi connectivity index (χ4v) is 2.43. The van der Waals surface area contributed by atoms with Gasteiger partial charge in [0.2, 0.25) is 5.91 Å². The van der Waals surface area contributed by atoms with Gasteiger partial charge in [-0.05, 0) is 12.8 Å². The molecule has 1 atom stereocenters. The van der Waals surface area contributed by atoms with Crippen molar-refractivity contribution in [2.45, 2.75) is 77.6 Å². The summed E-state index contributed by atoms with van der Waals surface area (Å²) in [4.78, 5) is 22.6. The molecule has 128 valence electrons. The zero-order valence-electron chi connectivity index (χ0n) is 14.1. The van der Waals surface area contributed by atoms with Gasteiger partial charge in [-0.3, -0.25) is 9.59 Å². The van der Waals surface area contributed by atoms with Crippen LogP contribution < -0.4 is 5.73 Å². The van der Waals surface area contributed by atoms with Crippen LogP contribution in [-0.2, 0) is 14.3 Å². The molecule has 0 heterocycles. The van der Waals surface area contributed by atoms with Crippen molar-refractivity contribution in [3.63, 3.8) is 0 Å². The molecule has 0 bridgehead atoms. The first-order valence-corrected chi connectivity index (χ1v) is 8.67. The van der Waals surface area contributed by atoms with Gasteiger partial charge in [0, 0.05) is 0 Å². The third kappa shape index (κ3) is 12.4. The van der Waals surface area contributed by atoms with Crippen LogP contribution in [0.5, 0.6) is 0 Å². The van der Waals surface area contributed by atoms with Crippen LogP contribution in [0.4, 0.5) is 0 Å². The maximum atomic E-state index is 11.9. The fourth-order valence-electron chi connectivity index (χ4n) is 2.43. The molecule has 0 aromatic carbocycles. The first kappa shape index (κ1) is 20.7. The Kier molecular flexibility index (Phi) is 13.7. The molecule has 0 radical (unpaired) electrons. The number of carbonyl (C=O) groups excluding carboxylic acids is 2. The lowest BCUT2D eigenvalue weighted by Gasteiger charge is -2.14. The molecular formula is C18H33NO3. The molecular weight excluding hydrogens is 278 g/mol. The lowest BCUT2D eigenvalue weighted by Crippen LogP contribution is -2.21. The van der Waals surface area contributed by atoms with Crippen molar-refractivity contribution in [3.05, 3.63) is 12.7 Å². The number of esters is 1. The number of unbranched alkanes of at least 4 members (excludes halogenated alkanes) is 7. The van der Waals surface area contributed by atoms with Gasteiger partial charge < -0.3 is 10.5 Å². The molecule has 0 fully saturated rings. The molecule has 0 spiro atoms. The maximum absolute atomic E-state index is 11.9. The van der Waals surface area contributed by atoms with Gasteiger partial charge in [-0.15, -0.1) is 6.58 Å². The fraction of sp³-hybridized carbons (Fsp3) is 0.778. The minimum atomic E-state index is -0.448. The Morgan fingerprint density at radius 3 is 2.23 bits per heavy atom. The molecule has 1 amide bonds. The van der Waals surface area contributed by atoms with E-state index in [1.165, 1.54) is 38.5 Å². The monoisotopic (exact) mass is 311 g/mol. The molecule has 1 unspecified atom stereocenters. The molecule has 4 heteroatoms. The van der Waals surface area contributed by atoms with Crippen molar-refractivity contribution in [2.75, 3.05) is 6.61 Å². The van der Waals surface area contributed by atoms with Gasteiger partial charge in [0.15, 0.2) is 0 Å². The number of carbonyl (C=O) groups is 2. The summed E-state index contributed by atoms with van der Waals surface area (Å²) in [5.41, 5.74) is 5.02. The van der Waals surface area contributed by atoms with E-state index < -0.39 is 5.91 Å². The summed E-state index contributed by atoms with van der Waals surface area (Å²) in [6.07, 6.45) is 13.3. The third-order valence-corrected chi connectivity index (χ3v) is 3.78. The second kappa shape index (κ2) is 14.6. The van der Waals surface area contributed by atoms with Gasteiger partial charge in [0.25, 0.3) is 0 Å². The number of nitrogens with two attached hydrogens (primary N) is 1. The molecule has 0 rings (SSSR count). The number of allylic oxidation sites excluding steroid dienone is 1. The lowest BCUT2D eigenvalue weighted by molar-refractivity contribution is -0.149. The highest BCUT2D eigenvalue weighted by Gasteiger charge is 2.18. The van der Waals surface area contributed by atoms with Gasteiger partial charge in [-0.1, -0.05) is 64.4 Å². The van der Waals surface area contributed by atoms with Gasteiger partial charge >= 0.3 is 5.97 Å². The normalized spacial score (nSPS) is 11.9. The third-order valence-electron chi connectivity index (χ3n) is 3.78. The van der Waals surface area contributed by atoms with E-state index >= 15 is 0 Å². The van der Waals surface area contributed by atoms with Crippen LogP contribution in [0.2, 0.25) is 0 Å². The maximum Gasteiger partial charge on any atom is 0.309 e. The van der Waals surface area contributed by atoms with Crippen molar-refractivity contribution >= 4 is 11.9 Å². The minimum Gasteiger partial charge on any atom is -0.465 e. The van der Waals surface area contributed by atoms with E-state index in [-0.39, 0.29) is 24.9 Å². The second-order valence-corrected chi connectivity index (χ2v) is 5.87. The topological polar surface area (TPSA) is 69.4 Å². The number of hydrogen-bond donors (Lipinski definition) is 1. The van der Waals surface area contributed by atoms with Crippen molar-refractivity contribution < 1.29 is 14.3 Å². The Balaban J connectivity index is 3.77. The second-order valence-electron chi connectivity index (χ2n) is 5.87. The molecule has 0 aliphatic carbocycles. The minimum absolute atomic E-state index is 0.0826. The Morgan fingerprint density at radius 2 is 1.68 bits per heavy atom. The van der Waals surface area contributed by atoms with E-state index in [9.17, 15) is 9.59 Å². The molecule has 22 heavy (non-hydrogen) atoms. The van der Waals surface area contributed by atoms with Crippen LogP contribution in [-0.4, -0.2) is 18.5 Å². The van der Waals surface area contributed by atoms with Gasteiger partial charge in [0.1, 0.15) is 6.61 Å². The van der Waals surface area contributed by atoms with E-state index in [1.54, 1.807) is 6.08 Å². The summed E-state index contributed by atoms with van der Waals surface area (Å²) in [6, 6.07) is 0. The summed E-state index contributed by atoms with van der Waals surface area (Å²) < 4.78 is 5.10. The largest absolute Gasteiger partial charge is 0.465 e. The van der Waals surface area contributed by atoms with Crippen LogP contribution in [0.1, 0.15) is 77.6 Å². The highest BCUT2D eigenvalue weighted by molar-refractivity contribution is 5.75. The summed E-state index contributed by atoms with van der Waals surface area (Å²) in [5, 5.41) is 0. The predicted octanol–water partition coefficient (Wildman–Crippen LogP) is 4.13. The Hall–Kier alpha value is -1.32. The summed E-state index contributed by atoms with van der Waals surface area (Å²) in [5.74, 6) is -0.814. The smallest absolute Gasteiger partial charge is 0.309 e. The lowest BCUT2D eigenvalue weighted by atomic mass is 9.97. The van der Waals surface area contributed by atoms with Crippen LogP contribution >= 0.6 is 0 Å². The Bertz CT molecular complexity index is 315. The molecule has 2 N–H and O–H groups in total. The van der Waals surface area contributed by atoms with Gasteiger partial charge in [-0.25, -0.2) is 0 Å². The Labute approximate surface area is 135 Å². The van der Waals surface area contributed by atoms with Crippen molar-refractivity contribution in [2.24, 2.45) is 11.7 Å². The summed E-state index contributed by atoms with van der Waals surface area (Å²) in [6.45, 7) is 6.00. The first-order chi connectivity index (χ1) is 10.6. The predicted molar refractivity (Wildman–Crippen MR) is 90.3 cm³/mol.